The molecule has 0 spiro atoms. The zero-order valence-electron chi connectivity index (χ0n) is 14.6. The maximum atomic E-state index is 12.5. The molecule has 0 aliphatic carbocycles. The summed E-state index contributed by atoms with van der Waals surface area (Å²) in [5.74, 6) is 0.324. The molecule has 0 aromatic rings. The van der Waals surface area contributed by atoms with E-state index in [0.29, 0.717) is 12.5 Å². The fourth-order valence-electron chi connectivity index (χ4n) is 2.81. The van der Waals surface area contributed by atoms with Crippen molar-refractivity contribution >= 4 is 5.91 Å². The minimum atomic E-state index is 0.254. The van der Waals surface area contributed by atoms with Crippen LogP contribution < -0.4 is 5.32 Å². The van der Waals surface area contributed by atoms with Crippen LogP contribution in [-0.4, -0.2) is 61.0 Å². The van der Waals surface area contributed by atoms with E-state index in [0.717, 1.165) is 64.7 Å². The molecule has 21 heavy (non-hydrogen) atoms. The molecule has 0 aromatic carbocycles. The topological polar surface area (TPSA) is 35.6 Å². The first kappa shape index (κ1) is 18.4. The van der Waals surface area contributed by atoms with Crippen LogP contribution in [0.5, 0.6) is 0 Å². The largest absolute Gasteiger partial charge is 0.342 e. The first-order chi connectivity index (χ1) is 10.0. The van der Waals surface area contributed by atoms with Crippen LogP contribution in [0.25, 0.3) is 0 Å². The lowest BCUT2D eigenvalue weighted by Crippen LogP contribution is -2.52. The van der Waals surface area contributed by atoms with Crippen molar-refractivity contribution in [2.45, 2.75) is 64.8 Å². The molecular weight excluding hydrogens is 262 g/mol. The monoisotopic (exact) mass is 297 g/mol. The third-order valence-corrected chi connectivity index (χ3v) is 4.84. The van der Waals surface area contributed by atoms with E-state index in [9.17, 15) is 4.79 Å². The summed E-state index contributed by atoms with van der Waals surface area (Å²) in [6, 6.07) is 0. The molecule has 1 fully saturated rings. The smallest absolute Gasteiger partial charge is 0.236 e. The van der Waals surface area contributed by atoms with Crippen molar-refractivity contribution in [2.75, 3.05) is 39.8 Å². The molecular formula is C17H35N3O. The second kappa shape index (κ2) is 9.42. The van der Waals surface area contributed by atoms with E-state index in [2.05, 4.69) is 35.9 Å². The highest BCUT2D eigenvalue weighted by Gasteiger charge is 2.29. The summed E-state index contributed by atoms with van der Waals surface area (Å²) < 4.78 is 0. The zero-order valence-corrected chi connectivity index (χ0v) is 14.6. The Bertz CT molecular complexity index is 290. The number of hydrogen-bond donors (Lipinski definition) is 1. The third kappa shape index (κ3) is 6.35. The van der Waals surface area contributed by atoms with E-state index in [1.54, 1.807) is 0 Å². The average Bonchev–Trinajstić information content (AvgIpc) is 2.50. The van der Waals surface area contributed by atoms with Crippen LogP contribution in [0.15, 0.2) is 0 Å². The molecule has 124 valence electrons. The molecule has 1 aliphatic heterocycles. The van der Waals surface area contributed by atoms with Crippen LogP contribution in [0.4, 0.5) is 0 Å². The second-order valence-corrected chi connectivity index (χ2v) is 6.67. The van der Waals surface area contributed by atoms with Gasteiger partial charge in [0.2, 0.25) is 5.91 Å². The summed E-state index contributed by atoms with van der Waals surface area (Å²) in [6.07, 6.45) is 6.79. The number of rotatable bonds is 9. The van der Waals surface area contributed by atoms with Crippen LogP contribution >= 0.6 is 0 Å². The lowest BCUT2D eigenvalue weighted by atomic mass is 9.90. The maximum absolute atomic E-state index is 12.5. The predicted molar refractivity (Wildman–Crippen MR) is 89.5 cm³/mol. The first-order valence-corrected chi connectivity index (χ1v) is 8.73. The summed E-state index contributed by atoms with van der Waals surface area (Å²) >= 11 is 0. The van der Waals surface area contributed by atoms with Crippen molar-refractivity contribution in [3.8, 4) is 0 Å². The standard InChI is InChI=1S/C17H35N3O/c1-5-7-11-20(12-8-6-2)16(21)15-19-13-9-17(3,18-4)10-14-19/h18H,5-15H2,1-4H3. The highest BCUT2D eigenvalue weighted by atomic mass is 16.2. The van der Waals surface area contributed by atoms with Gasteiger partial charge in [-0.25, -0.2) is 0 Å². The molecule has 0 aromatic heterocycles. The lowest BCUT2D eigenvalue weighted by molar-refractivity contribution is -0.133. The summed E-state index contributed by atoms with van der Waals surface area (Å²) in [4.78, 5) is 16.9. The van der Waals surface area contributed by atoms with Gasteiger partial charge in [-0.15, -0.1) is 0 Å². The van der Waals surface area contributed by atoms with Gasteiger partial charge in [0.1, 0.15) is 0 Å². The Morgan fingerprint density at radius 3 is 2.10 bits per heavy atom. The van der Waals surface area contributed by atoms with Gasteiger partial charge in [0, 0.05) is 31.7 Å². The van der Waals surface area contributed by atoms with Crippen molar-refractivity contribution in [2.24, 2.45) is 0 Å². The quantitative estimate of drug-likeness (QED) is 0.710. The van der Waals surface area contributed by atoms with Crippen LogP contribution in [0, 0.1) is 0 Å². The fourth-order valence-corrected chi connectivity index (χ4v) is 2.81. The van der Waals surface area contributed by atoms with Crippen LogP contribution in [0.3, 0.4) is 0 Å². The number of hydrogen-bond acceptors (Lipinski definition) is 3. The number of amides is 1. The highest BCUT2D eigenvalue weighted by molar-refractivity contribution is 5.78. The van der Waals surface area contributed by atoms with Crippen molar-refractivity contribution in [1.82, 2.24) is 15.1 Å². The van der Waals surface area contributed by atoms with E-state index < -0.39 is 0 Å². The van der Waals surface area contributed by atoms with Gasteiger partial charge < -0.3 is 10.2 Å². The lowest BCUT2D eigenvalue weighted by Gasteiger charge is -2.39. The van der Waals surface area contributed by atoms with Crippen molar-refractivity contribution in [3.05, 3.63) is 0 Å². The molecule has 0 saturated carbocycles. The molecule has 4 nitrogen and oxygen atoms in total. The summed E-state index contributed by atoms with van der Waals surface area (Å²) in [5.41, 5.74) is 0.254. The Hall–Kier alpha value is -0.610. The molecule has 1 aliphatic rings. The number of nitrogens with one attached hydrogen (secondary N) is 1. The van der Waals surface area contributed by atoms with E-state index in [1.807, 2.05) is 7.05 Å². The van der Waals surface area contributed by atoms with Gasteiger partial charge >= 0.3 is 0 Å². The van der Waals surface area contributed by atoms with Gasteiger partial charge in [-0.3, -0.25) is 9.69 Å². The fraction of sp³-hybridized carbons (Fsp3) is 0.941. The van der Waals surface area contributed by atoms with Crippen LogP contribution in [-0.2, 0) is 4.79 Å². The molecule has 4 heteroatoms. The van der Waals surface area contributed by atoms with Gasteiger partial charge in [-0.05, 0) is 39.7 Å². The van der Waals surface area contributed by atoms with Crippen molar-refractivity contribution < 1.29 is 4.79 Å². The second-order valence-electron chi connectivity index (χ2n) is 6.67. The van der Waals surface area contributed by atoms with Gasteiger partial charge in [0.15, 0.2) is 0 Å². The third-order valence-electron chi connectivity index (χ3n) is 4.84. The van der Waals surface area contributed by atoms with E-state index in [1.165, 1.54) is 0 Å². The van der Waals surface area contributed by atoms with Gasteiger partial charge in [0.05, 0.1) is 6.54 Å². The Morgan fingerprint density at radius 1 is 1.14 bits per heavy atom. The summed E-state index contributed by atoms with van der Waals surface area (Å²) in [5, 5.41) is 3.41. The summed E-state index contributed by atoms with van der Waals surface area (Å²) in [7, 11) is 2.04. The van der Waals surface area contributed by atoms with Gasteiger partial charge in [-0.1, -0.05) is 26.7 Å². The molecule has 1 amide bonds. The average molecular weight is 297 g/mol. The molecule has 1 N–H and O–H groups in total. The minimum absolute atomic E-state index is 0.254. The molecule has 1 heterocycles. The van der Waals surface area contributed by atoms with E-state index >= 15 is 0 Å². The summed E-state index contributed by atoms with van der Waals surface area (Å²) in [6.45, 7) is 11.2. The Balaban J connectivity index is 2.42. The Kier molecular flexibility index (Phi) is 8.27. The number of unbranched alkanes of at least 4 members (excludes halogenated alkanes) is 2. The normalized spacial score (nSPS) is 18.7. The number of likely N-dealkylation sites (tertiary alicyclic amines) is 1. The number of carbonyl (C=O) groups excluding carboxylic acids is 1. The number of piperidine rings is 1. The van der Waals surface area contributed by atoms with Crippen LogP contribution in [0.2, 0.25) is 0 Å². The highest BCUT2D eigenvalue weighted by Crippen LogP contribution is 2.20. The van der Waals surface area contributed by atoms with Gasteiger partial charge in [-0.2, -0.15) is 0 Å². The van der Waals surface area contributed by atoms with Crippen LogP contribution in [0.1, 0.15) is 59.3 Å². The molecule has 0 atom stereocenters. The molecule has 0 bridgehead atoms. The van der Waals surface area contributed by atoms with E-state index in [-0.39, 0.29) is 5.54 Å². The molecule has 0 radical (unpaired) electrons. The maximum Gasteiger partial charge on any atom is 0.236 e. The molecule has 0 unspecified atom stereocenters. The van der Waals surface area contributed by atoms with Gasteiger partial charge in [0.25, 0.3) is 0 Å². The van der Waals surface area contributed by atoms with E-state index in [4.69, 9.17) is 0 Å². The van der Waals surface area contributed by atoms with Crippen molar-refractivity contribution in [1.29, 1.82) is 0 Å². The molecule has 1 rings (SSSR count). The number of carbonyl (C=O) groups is 1. The zero-order chi connectivity index (χ0) is 15.7. The first-order valence-electron chi connectivity index (χ1n) is 8.73. The van der Waals surface area contributed by atoms with Crippen molar-refractivity contribution in [3.63, 3.8) is 0 Å². The SMILES string of the molecule is CCCCN(CCCC)C(=O)CN1CCC(C)(NC)CC1. The predicted octanol–water partition coefficient (Wildman–Crippen LogP) is 2.49. The minimum Gasteiger partial charge on any atom is -0.342 e. The Labute approximate surface area is 131 Å². The Morgan fingerprint density at radius 2 is 1.67 bits per heavy atom. The molecule has 1 saturated heterocycles. The number of nitrogens with zero attached hydrogens (tertiary/aromatic N) is 2.